The summed E-state index contributed by atoms with van der Waals surface area (Å²) in [6.07, 6.45) is 6.55. The van der Waals surface area contributed by atoms with Gasteiger partial charge in [0.15, 0.2) is 0 Å². The zero-order valence-corrected chi connectivity index (χ0v) is 12.9. The number of nitrogens with zero attached hydrogens (tertiary/aromatic N) is 2. The summed E-state index contributed by atoms with van der Waals surface area (Å²) in [7, 11) is 0. The number of rotatable bonds is 4. The average Bonchev–Trinajstić information content (AvgIpc) is 2.76. The van der Waals surface area contributed by atoms with E-state index in [1.807, 2.05) is 0 Å². The van der Waals surface area contributed by atoms with Gasteiger partial charge in [-0.2, -0.15) is 0 Å². The van der Waals surface area contributed by atoms with Crippen LogP contribution in [0.4, 0.5) is 0 Å². The van der Waals surface area contributed by atoms with E-state index in [9.17, 15) is 0 Å². The molecule has 3 rings (SSSR count). The number of piperidine rings is 1. The number of hydrogen-bond donors (Lipinski definition) is 1. The van der Waals surface area contributed by atoms with Gasteiger partial charge in [0.1, 0.15) is 11.2 Å². The van der Waals surface area contributed by atoms with Crippen molar-refractivity contribution in [3.05, 3.63) is 16.8 Å². The third-order valence-electron chi connectivity index (χ3n) is 4.05. The molecule has 0 bridgehead atoms. The van der Waals surface area contributed by atoms with E-state index >= 15 is 0 Å². The molecule has 1 atom stereocenters. The number of nitrogens with one attached hydrogen (secondary N) is 1. The number of hydrogen-bond acceptors (Lipinski definition) is 5. The van der Waals surface area contributed by atoms with Gasteiger partial charge < -0.3 is 10.1 Å². The predicted molar refractivity (Wildman–Crippen MR) is 82.6 cm³/mol. The minimum absolute atomic E-state index is 0.603. The van der Waals surface area contributed by atoms with E-state index in [-0.39, 0.29) is 0 Å². The third-order valence-corrected chi connectivity index (χ3v) is 5.16. The molecule has 2 aromatic rings. The minimum atomic E-state index is 0.603. The molecular formula is C15H21N3OS. The van der Waals surface area contributed by atoms with Gasteiger partial charge in [0, 0.05) is 10.9 Å². The summed E-state index contributed by atoms with van der Waals surface area (Å²) in [5, 5.41) is 4.64. The third kappa shape index (κ3) is 2.79. The Balaban J connectivity index is 1.68. The number of thiophene rings is 1. The standard InChI is InChI=1S/C15H21N3OS/c1-10-11(2)20-15-13(10)14(17-9-18-15)19-8-6-12-5-3-4-7-16-12/h9,12,16H,3-8H2,1-2H3. The number of aryl methyl sites for hydroxylation is 2. The first-order valence-electron chi connectivity index (χ1n) is 7.32. The van der Waals surface area contributed by atoms with Crippen molar-refractivity contribution >= 4 is 21.6 Å². The van der Waals surface area contributed by atoms with E-state index < -0.39 is 0 Å². The molecule has 5 heteroatoms. The highest BCUT2D eigenvalue weighted by Gasteiger charge is 2.15. The lowest BCUT2D eigenvalue weighted by Crippen LogP contribution is -2.35. The molecule has 108 valence electrons. The van der Waals surface area contributed by atoms with Crippen LogP contribution in [0.5, 0.6) is 5.88 Å². The average molecular weight is 291 g/mol. The Hall–Kier alpha value is -1.20. The summed E-state index contributed by atoms with van der Waals surface area (Å²) < 4.78 is 5.93. The van der Waals surface area contributed by atoms with Crippen molar-refractivity contribution in [1.29, 1.82) is 0 Å². The Morgan fingerprint density at radius 3 is 3.05 bits per heavy atom. The molecule has 0 spiro atoms. The second kappa shape index (κ2) is 6.06. The van der Waals surface area contributed by atoms with Gasteiger partial charge in [-0.3, -0.25) is 0 Å². The van der Waals surface area contributed by atoms with E-state index in [1.54, 1.807) is 17.7 Å². The highest BCUT2D eigenvalue weighted by Crippen LogP contribution is 2.33. The van der Waals surface area contributed by atoms with E-state index in [1.165, 1.54) is 29.7 Å². The molecule has 1 unspecified atom stereocenters. The van der Waals surface area contributed by atoms with Crippen LogP contribution in [0.2, 0.25) is 0 Å². The molecule has 1 aliphatic heterocycles. The van der Waals surface area contributed by atoms with Crippen LogP contribution >= 0.6 is 11.3 Å². The molecule has 0 aliphatic carbocycles. The van der Waals surface area contributed by atoms with Crippen LogP contribution < -0.4 is 10.1 Å². The Morgan fingerprint density at radius 2 is 2.25 bits per heavy atom. The molecule has 0 radical (unpaired) electrons. The highest BCUT2D eigenvalue weighted by molar-refractivity contribution is 7.18. The van der Waals surface area contributed by atoms with Crippen molar-refractivity contribution < 1.29 is 4.74 Å². The van der Waals surface area contributed by atoms with Gasteiger partial charge in [-0.25, -0.2) is 9.97 Å². The molecule has 0 aromatic carbocycles. The first-order chi connectivity index (χ1) is 9.75. The van der Waals surface area contributed by atoms with E-state index in [4.69, 9.17) is 4.74 Å². The Morgan fingerprint density at radius 1 is 1.35 bits per heavy atom. The Bertz CT molecular complexity index is 590. The van der Waals surface area contributed by atoms with Crippen LogP contribution in [0, 0.1) is 13.8 Å². The number of aromatic nitrogens is 2. The summed E-state index contributed by atoms with van der Waals surface area (Å²) in [6.45, 7) is 6.11. The summed E-state index contributed by atoms with van der Waals surface area (Å²) in [5.41, 5.74) is 1.25. The van der Waals surface area contributed by atoms with Gasteiger partial charge in [-0.1, -0.05) is 6.42 Å². The Kier molecular flexibility index (Phi) is 4.17. The largest absolute Gasteiger partial charge is 0.477 e. The summed E-state index contributed by atoms with van der Waals surface area (Å²) in [6, 6.07) is 0.603. The van der Waals surface area contributed by atoms with Crippen molar-refractivity contribution in [1.82, 2.24) is 15.3 Å². The topological polar surface area (TPSA) is 47.0 Å². The lowest BCUT2D eigenvalue weighted by Gasteiger charge is -2.23. The van der Waals surface area contributed by atoms with Gasteiger partial charge >= 0.3 is 0 Å². The fourth-order valence-corrected chi connectivity index (χ4v) is 3.72. The van der Waals surface area contributed by atoms with E-state index in [0.29, 0.717) is 6.04 Å². The second-order valence-corrected chi connectivity index (χ2v) is 6.63. The van der Waals surface area contributed by atoms with Crippen molar-refractivity contribution in [3.63, 3.8) is 0 Å². The van der Waals surface area contributed by atoms with Crippen LogP contribution in [0.3, 0.4) is 0 Å². The van der Waals surface area contributed by atoms with Crippen LogP contribution in [-0.2, 0) is 0 Å². The molecule has 1 fully saturated rings. The van der Waals surface area contributed by atoms with Gasteiger partial charge in [0.2, 0.25) is 5.88 Å². The lowest BCUT2D eigenvalue weighted by atomic mass is 10.0. The maximum absolute atomic E-state index is 5.93. The highest BCUT2D eigenvalue weighted by atomic mass is 32.1. The SMILES string of the molecule is Cc1sc2ncnc(OCCC3CCCCN3)c2c1C. The molecular weight excluding hydrogens is 270 g/mol. The fraction of sp³-hybridized carbons (Fsp3) is 0.600. The predicted octanol–water partition coefficient (Wildman–Crippen LogP) is 3.22. The minimum Gasteiger partial charge on any atom is -0.477 e. The van der Waals surface area contributed by atoms with Crippen LogP contribution in [0.1, 0.15) is 36.1 Å². The molecule has 1 N–H and O–H groups in total. The van der Waals surface area contributed by atoms with Crippen molar-refractivity contribution in [2.45, 2.75) is 45.6 Å². The van der Waals surface area contributed by atoms with Crippen LogP contribution in [0.15, 0.2) is 6.33 Å². The number of ether oxygens (including phenoxy) is 1. The normalized spacial score (nSPS) is 19.4. The fourth-order valence-electron chi connectivity index (χ4n) is 2.73. The maximum Gasteiger partial charge on any atom is 0.225 e. The quantitative estimate of drug-likeness (QED) is 0.939. The van der Waals surface area contributed by atoms with Crippen molar-refractivity contribution in [2.75, 3.05) is 13.2 Å². The summed E-state index contributed by atoms with van der Waals surface area (Å²) in [5.74, 6) is 0.743. The molecule has 20 heavy (non-hydrogen) atoms. The molecule has 0 saturated carbocycles. The van der Waals surface area contributed by atoms with E-state index in [2.05, 4.69) is 29.1 Å². The first-order valence-corrected chi connectivity index (χ1v) is 8.14. The molecule has 0 amide bonds. The summed E-state index contributed by atoms with van der Waals surface area (Å²) in [4.78, 5) is 11.0. The lowest BCUT2D eigenvalue weighted by molar-refractivity contribution is 0.263. The van der Waals surface area contributed by atoms with Gasteiger partial charge in [-0.05, 0) is 45.2 Å². The maximum atomic E-state index is 5.93. The Labute approximate surface area is 123 Å². The van der Waals surface area contributed by atoms with Gasteiger partial charge in [0.25, 0.3) is 0 Å². The first kappa shape index (κ1) is 13.8. The van der Waals surface area contributed by atoms with E-state index in [0.717, 1.165) is 35.7 Å². The zero-order chi connectivity index (χ0) is 13.9. The molecule has 1 aliphatic rings. The molecule has 2 aromatic heterocycles. The zero-order valence-electron chi connectivity index (χ0n) is 12.1. The monoisotopic (exact) mass is 291 g/mol. The van der Waals surface area contributed by atoms with Crippen molar-refractivity contribution in [2.24, 2.45) is 0 Å². The van der Waals surface area contributed by atoms with Gasteiger partial charge in [0.05, 0.1) is 12.0 Å². The van der Waals surface area contributed by atoms with Gasteiger partial charge in [-0.15, -0.1) is 11.3 Å². The second-order valence-electron chi connectivity index (χ2n) is 5.43. The number of fused-ring (bicyclic) bond motifs is 1. The van der Waals surface area contributed by atoms with Crippen LogP contribution in [0.25, 0.3) is 10.2 Å². The molecule has 3 heterocycles. The smallest absolute Gasteiger partial charge is 0.225 e. The van der Waals surface area contributed by atoms with Crippen molar-refractivity contribution in [3.8, 4) is 5.88 Å². The summed E-state index contributed by atoms with van der Waals surface area (Å²) >= 11 is 1.71. The van der Waals surface area contributed by atoms with Crippen LogP contribution in [-0.4, -0.2) is 29.2 Å². The molecule has 4 nitrogen and oxygen atoms in total. The molecule has 1 saturated heterocycles.